The summed E-state index contributed by atoms with van der Waals surface area (Å²) in [6, 6.07) is 15.1. The van der Waals surface area contributed by atoms with Crippen molar-refractivity contribution in [3.8, 4) is 16.9 Å². The van der Waals surface area contributed by atoms with E-state index in [1.165, 1.54) is 12.1 Å². The van der Waals surface area contributed by atoms with E-state index in [1.54, 1.807) is 28.9 Å². The number of likely N-dealkylation sites (N-methyl/N-ethyl adjacent to an activating group) is 1. The van der Waals surface area contributed by atoms with E-state index in [0.717, 1.165) is 11.3 Å². The van der Waals surface area contributed by atoms with Crippen molar-refractivity contribution in [1.29, 1.82) is 0 Å². The van der Waals surface area contributed by atoms with E-state index in [-0.39, 0.29) is 17.2 Å². The fourth-order valence-corrected chi connectivity index (χ4v) is 3.38. The number of nitrogens with zero attached hydrogens (tertiary/aromatic N) is 2. The molecular weight excluding hydrogens is 400 g/mol. The van der Waals surface area contributed by atoms with Gasteiger partial charge in [0, 0.05) is 17.1 Å². The van der Waals surface area contributed by atoms with Crippen molar-refractivity contribution in [2.24, 2.45) is 5.14 Å². The van der Waals surface area contributed by atoms with Gasteiger partial charge in [0.1, 0.15) is 0 Å². The Morgan fingerprint density at radius 1 is 1.14 bits per heavy atom. The highest BCUT2D eigenvalue weighted by atomic mass is 35.5. The Morgan fingerprint density at radius 3 is 2.36 bits per heavy atom. The predicted octanol–water partition coefficient (Wildman–Crippen LogP) is 2.52. The largest absolute Gasteiger partial charge is 0.356 e. The number of carbonyl (C=O) groups excluding carboxylic acids is 1. The number of sulfonamides is 1. The Labute approximate surface area is 168 Å². The van der Waals surface area contributed by atoms with Crippen LogP contribution in [0, 0.1) is 0 Å². The van der Waals surface area contributed by atoms with E-state index in [2.05, 4.69) is 10.4 Å². The van der Waals surface area contributed by atoms with Gasteiger partial charge in [0.2, 0.25) is 15.9 Å². The first-order valence-electron chi connectivity index (χ1n) is 8.52. The molecule has 0 spiro atoms. The highest BCUT2D eigenvalue weighted by Gasteiger charge is 2.15. The minimum atomic E-state index is -3.78. The summed E-state index contributed by atoms with van der Waals surface area (Å²) in [6.07, 6.45) is 0.136. The third-order valence-electron chi connectivity index (χ3n) is 4.03. The number of primary sulfonamides is 1. The molecule has 2 aromatic carbocycles. The molecule has 0 unspecified atom stereocenters. The van der Waals surface area contributed by atoms with Gasteiger partial charge < -0.3 is 5.32 Å². The molecule has 9 heteroatoms. The Balaban J connectivity index is 2.06. The summed E-state index contributed by atoms with van der Waals surface area (Å²) in [4.78, 5) is 12.0. The molecule has 0 radical (unpaired) electrons. The molecule has 0 saturated carbocycles. The number of amides is 1. The highest BCUT2D eigenvalue weighted by molar-refractivity contribution is 7.89. The molecule has 0 aliphatic carbocycles. The van der Waals surface area contributed by atoms with Crippen LogP contribution in [0.1, 0.15) is 12.6 Å². The molecule has 1 heterocycles. The van der Waals surface area contributed by atoms with Crippen molar-refractivity contribution in [3.63, 3.8) is 0 Å². The van der Waals surface area contributed by atoms with Crippen molar-refractivity contribution in [2.45, 2.75) is 18.2 Å². The van der Waals surface area contributed by atoms with Crippen molar-refractivity contribution in [3.05, 3.63) is 65.3 Å². The molecule has 0 bridgehead atoms. The zero-order valence-corrected chi connectivity index (χ0v) is 16.7. The van der Waals surface area contributed by atoms with Gasteiger partial charge in [-0.1, -0.05) is 23.7 Å². The monoisotopic (exact) mass is 418 g/mol. The average Bonchev–Trinajstić information content (AvgIpc) is 3.05. The number of aromatic nitrogens is 2. The zero-order valence-electron chi connectivity index (χ0n) is 15.1. The summed E-state index contributed by atoms with van der Waals surface area (Å²) in [5, 5.41) is 13.1. The molecule has 1 amide bonds. The van der Waals surface area contributed by atoms with Gasteiger partial charge in [-0.2, -0.15) is 5.10 Å². The first kappa shape index (κ1) is 20.1. The quantitative estimate of drug-likeness (QED) is 0.641. The molecule has 0 fully saturated rings. The standard InChI is InChI=1S/C19H19ClN4O3S/c1-2-22-19(25)12-15-11-18(13-3-5-14(20)6-4-13)24(23-15)16-7-9-17(10-8-16)28(21,26)27/h3-11H,2,12H2,1H3,(H,22,25)(H2,21,26,27). The van der Waals surface area contributed by atoms with Crippen molar-refractivity contribution in [1.82, 2.24) is 15.1 Å². The lowest BCUT2D eigenvalue weighted by molar-refractivity contribution is -0.120. The number of hydrogen-bond donors (Lipinski definition) is 2. The summed E-state index contributed by atoms with van der Waals surface area (Å²) in [5.41, 5.74) is 2.83. The maximum atomic E-state index is 11.9. The van der Waals surface area contributed by atoms with Crippen LogP contribution in [-0.2, 0) is 21.2 Å². The lowest BCUT2D eigenvalue weighted by atomic mass is 10.1. The Kier molecular flexibility index (Phi) is 5.83. The van der Waals surface area contributed by atoms with Gasteiger partial charge >= 0.3 is 0 Å². The molecule has 28 heavy (non-hydrogen) atoms. The molecule has 0 atom stereocenters. The maximum absolute atomic E-state index is 11.9. The van der Waals surface area contributed by atoms with E-state index in [9.17, 15) is 13.2 Å². The molecule has 0 saturated heterocycles. The van der Waals surface area contributed by atoms with Crippen LogP contribution in [0.15, 0.2) is 59.5 Å². The summed E-state index contributed by atoms with van der Waals surface area (Å²) in [7, 11) is -3.78. The fourth-order valence-electron chi connectivity index (χ4n) is 2.74. The number of rotatable bonds is 6. The molecule has 0 aliphatic rings. The molecule has 3 aromatic rings. The lowest BCUT2D eigenvalue weighted by Gasteiger charge is -2.08. The van der Waals surface area contributed by atoms with Crippen molar-refractivity contribution in [2.75, 3.05) is 6.54 Å². The number of nitrogens with two attached hydrogens (primary N) is 1. The van der Waals surface area contributed by atoms with E-state index < -0.39 is 10.0 Å². The Hall–Kier alpha value is -2.68. The van der Waals surface area contributed by atoms with Crippen LogP contribution >= 0.6 is 11.6 Å². The third-order valence-corrected chi connectivity index (χ3v) is 5.21. The van der Waals surface area contributed by atoms with Gasteiger partial charge in [-0.25, -0.2) is 18.2 Å². The first-order chi connectivity index (χ1) is 13.3. The molecule has 0 aliphatic heterocycles. The number of benzene rings is 2. The Bertz CT molecular complexity index is 1090. The van der Waals surface area contributed by atoms with Gasteiger partial charge in [0.05, 0.1) is 28.4 Å². The smallest absolute Gasteiger partial charge is 0.238 e. The topological polar surface area (TPSA) is 107 Å². The normalized spacial score (nSPS) is 11.4. The van der Waals surface area contributed by atoms with E-state index in [1.807, 2.05) is 25.1 Å². The second kappa shape index (κ2) is 8.14. The summed E-state index contributed by atoms with van der Waals surface area (Å²) < 4.78 is 24.6. The van der Waals surface area contributed by atoms with E-state index in [4.69, 9.17) is 16.7 Å². The number of nitrogens with one attached hydrogen (secondary N) is 1. The molecule has 1 aromatic heterocycles. The van der Waals surface area contributed by atoms with Crippen LogP contribution in [0.2, 0.25) is 5.02 Å². The molecule has 3 N–H and O–H groups in total. The number of halogens is 1. The van der Waals surface area contributed by atoms with Crippen LogP contribution in [0.3, 0.4) is 0 Å². The number of carbonyl (C=O) groups is 1. The lowest BCUT2D eigenvalue weighted by Crippen LogP contribution is -2.24. The molecular formula is C19H19ClN4O3S. The Morgan fingerprint density at radius 2 is 1.79 bits per heavy atom. The van der Waals surface area contributed by atoms with Gasteiger partial charge in [0.15, 0.2) is 0 Å². The second-order valence-electron chi connectivity index (χ2n) is 6.11. The zero-order chi connectivity index (χ0) is 20.3. The van der Waals surface area contributed by atoms with E-state index >= 15 is 0 Å². The minimum Gasteiger partial charge on any atom is -0.356 e. The summed E-state index contributed by atoms with van der Waals surface area (Å²) in [6.45, 7) is 2.39. The predicted molar refractivity (Wildman–Crippen MR) is 108 cm³/mol. The molecule has 7 nitrogen and oxygen atoms in total. The van der Waals surface area contributed by atoms with Crippen LogP contribution in [0.5, 0.6) is 0 Å². The third kappa shape index (κ3) is 4.59. The molecule has 3 rings (SSSR count). The van der Waals surface area contributed by atoms with Gasteiger partial charge in [-0.15, -0.1) is 0 Å². The minimum absolute atomic E-state index is 0.0130. The SMILES string of the molecule is CCNC(=O)Cc1cc(-c2ccc(Cl)cc2)n(-c2ccc(S(N)(=O)=O)cc2)n1. The van der Waals surface area contributed by atoms with Crippen LogP contribution in [0.4, 0.5) is 0 Å². The summed E-state index contributed by atoms with van der Waals surface area (Å²) in [5.74, 6) is -0.126. The van der Waals surface area contributed by atoms with Crippen molar-refractivity contribution < 1.29 is 13.2 Å². The van der Waals surface area contributed by atoms with Crippen LogP contribution in [-0.4, -0.2) is 30.7 Å². The molecule has 146 valence electrons. The summed E-state index contributed by atoms with van der Waals surface area (Å²) >= 11 is 5.98. The van der Waals surface area contributed by atoms with Crippen LogP contribution < -0.4 is 10.5 Å². The average molecular weight is 419 g/mol. The van der Waals surface area contributed by atoms with Crippen LogP contribution in [0.25, 0.3) is 16.9 Å². The second-order valence-corrected chi connectivity index (χ2v) is 8.11. The van der Waals surface area contributed by atoms with E-state index in [0.29, 0.717) is 22.9 Å². The van der Waals surface area contributed by atoms with Gasteiger partial charge in [0.25, 0.3) is 0 Å². The maximum Gasteiger partial charge on any atom is 0.238 e. The fraction of sp³-hybridized carbons (Fsp3) is 0.158. The van der Waals surface area contributed by atoms with Gasteiger partial charge in [-0.05, 0) is 49.4 Å². The van der Waals surface area contributed by atoms with Gasteiger partial charge in [-0.3, -0.25) is 4.79 Å². The highest BCUT2D eigenvalue weighted by Crippen LogP contribution is 2.26. The number of hydrogen-bond acceptors (Lipinski definition) is 4. The first-order valence-corrected chi connectivity index (χ1v) is 10.4. The van der Waals surface area contributed by atoms with Crippen molar-refractivity contribution >= 4 is 27.5 Å².